The summed E-state index contributed by atoms with van der Waals surface area (Å²) in [7, 11) is 0. The van der Waals surface area contributed by atoms with E-state index in [4.69, 9.17) is 0 Å². The number of aromatic nitrogens is 2. The first-order valence-electron chi connectivity index (χ1n) is 15.1. The van der Waals surface area contributed by atoms with Gasteiger partial charge in [0.05, 0.1) is 27.8 Å². The molecule has 9 rings (SSSR count). The van der Waals surface area contributed by atoms with Crippen molar-refractivity contribution in [3.05, 3.63) is 170 Å². The Morgan fingerprint density at radius 2 is 0.955 bits per heavy atom. The van der Waals surface area contributed by atoms with Crippen molar-refractivity contribution in [1.29, 1.82) is 0 Å². The fraction of sp³-hybridized carbons (Fsp3) is 0. The van der Waals surface area contributed by atoms with Crippen molar-refractivity contribution >= 4 is 43.6 Å². The maximum atomic E-state index is 2.47. The smallest absolute Gasteiger partial charge is 0.0641 e. The van der Waals surface area contributed by atoms with Gasteiger partial charge in [-0.25, -0.2) is 0 Å². The van der Waals surface area contributed by atoms with Gasteiger partial charge in [-0.05, 0) is 53.1 Å². The van der Waals surface area contributed by atoms with Crippen LogP contribution in [-0.2, 0) is 0 Å². The summed E-state index contributed by atoms with van der Waals surface area (Å²) in [6.07, 6.45) is 0. The lowest BCUT2D eigenvalue weighted by atomic mass is 10.0. The van der Waals surface area contributed by atoms with Gasteiger partial charge in [0.2, 0.25) is 0 Å². The van der Waals surface area contributed by atoms with Gasteiger partial charge in [0.15, 0.2) is 0 Å². The number of fused-ring (bicyclic) bond motifs is 7. The lowest BCUT2D eigenvalue weighted by Crippen LogP contribution is -1.97. The molecule has 0 unspecified atom stereocenters. The predicted octanol–water partition coefficient (Wildman–Crippen LogP) is 11.2. The van der Waals surface area contributed by atoms with Crippen LogP contribution in [0.1, 0.15) is 0 Å². The number of para-hydroxylation sites is 3. The minimum Gasteiger partial charge on any atom is -0.309 e. The highest BCUT2D eigenvalue weighted by molar-refractivity contribution is 6.26. The van der Waals surface area contributed by atoms with Gasteiger partial charge in [0, 0.05) is 32.8 Å². The van der Waals surface area contributed by atoms with E-state index in [1.165, 1.54) is 71.6 Å². The predicted molar refractivity (Wildman–Crippen MR) is 186 cm³/mol. The molecule has 0 atom stereocenters. The van der Waals surface area contributed by atoms with Crippen molar-refractivity contribution in [1.82, 2.24) is 9.13 Å². The third-order valence-corrected chi connectivity index (χ3v) is 8.91. The summed E-state index contributed by atoms with van der Waals surface area (Å²) < 4.78 is 4.92. The normalized spacial score (nSPS) is 11.6. The summed E-state index contributed by atoms with van der Waals surface area (Å²) in [5.41, 5.74) is 12.0. The fourth-order valence-electron chi connectivity index (χ4n) is 7.02. The summed E-state index contributed by atoms with van der Waals surface area (Å²) in [5, 5.41) is 5.04. The molecule has 7 aromatic carbocycles. The van der Waals surface area contributed by atoms with Crippen LogP contribution in [0.2, 0.25) is 0 Å². The molecule has 0 amide bonds. The average Bonchev–Trinajstić information content (AvgIpc) is 3.62. The molecule has 0 saturated carbocycles. The first-order valence-corrected chi connectivity index (χ1v) is 15.1. The van der Waals surface area contributed by atoms with Gasteiger partial charge >= 0.3 is 0 Å². The molecule has 2 nitrogen and oxygen atoms in total. The highest BCUT2D eigenvalue weighted by Gasteiger charge is 2.21. The van der Waals surface area contributed by atoms with Crippen molar-refractivity contribution < 1.29 is 0 Å². The summed E-state index contributed by atoms with van der Waals surface area (Å²) in [6.45, 7) is 0. The SMILES string of the molecule is c1ccc(-c2cccc(-n3c4ccccc4c4ccc5c(c6ccccc6n5-c5ccccc5-c5ccccc5)c43)c2)cc1. The fourth-order valence-corrected chi connectivity index (χ4v) is 7.02. The minimum atomic E-state index is 1.16. The summed E-state index contributed by atoms with van der Waals surface area (Å²) in [4.78, 5) is 0. The molecule has 44 heavy (non-hydrogen) atoms. The Hall–Kier alpha value is -5.86. The van der Waals surface area contributed by atoms with E-state index in [-0.39, 0.29) is 0 Å². The molecule has 2 heterocycles. The summed E-state index contributed by atoms with van der Waals surface area (Å²) >= 11 is 0. The van der Waals surface area contributed by atoms with Crippen LogP contribution in [0.15, 0.2) is 170 Å². The van der Waals surface area contributed by atoms with Crippen molar-refractivity contribution in [3.63, 3.8) is 0 Å². The third-order valence-electron chi connectivity index (χ3n) is 8.91. The quantitative estimate of drug-likeness (QED) is 0.203. The van der Waals surface area contributed by atoms with Crippen LogP contribution in [0.3, 0.4) is 0 Å². The molecule has 0 spiro atoms. The van der Waals surface area contributed by atoms with Crippen LogP contribution in [0, 0.1) is 0 Å². The van der Waals surface area contributed by atoms with E-state index in [1.807, 2.05) is 0 Å². The lowest BCUT2D eigenvalue weighted by molar-refractivity contribution is 1.17. The number of rotatable bonds is 4. The summed E-state index contributed by atoms with van der Waals surface area (Å²) in [6, 6.07) is 61.3. The molecular formula is C42H28N2. The van der Waals surface area contributed by atoms with E-state index < -0.39 is 0 Å². The zero-order valence-electron chi connectivity index (χ0n) is 24.1. The van der Waals surface area contributed by atoms with Crippen molar-refractivity contribution in [2.24, 2.45) is 0 Å². The first-order chi connectivity index (χ1) is 21.9. The second-order valence-corrected chi connectivity index (χ2v) is 11.4. The van der Waals surface area contributed by atoms with Crippen molar-refractivity contribution in [2.45, 2.75) is 0 Å². The van der Waals surface area contributed by atoms with Gasteiger partial charge in [-0.15, -0.1) is 0 Å². The van der Waals surface area contributed by atoms with Crippen LogP contribution in [0.5, 0.6) is 0 Å². The van der Waals surface area contributed by atoms with Crippen molar-refractivity contribution in [2.75, 3.05) is 0 Å². The highest BCUT2D eigenvalue weighted by atomic mass is 15.0. The van der Waals surface area contributed by atoms with E-state index in [0.717, 1.165) is 5.69 Å². The van der Waals surface area contributed by atoms with E-state index >= 15 is 0 Å². The van der Waals surface area contributed by atoms with E-state index in [1.54, 1.807) is 0 Å². The molecule has 0 fully saturated rings. The highest BCUT2D eigenvalue weighted by Crippen LogP contribution is 2.43. The van der Waals surface area contributed by atoms with Gasteiger partial charge in [-0.2, -0.15) is 0 Å². The molecule has 0 N–H and O–H groups in total. The van der Waals surface area contributed by atoms with Gasteiger partial charge in [-0.1, -0.05) is 133 Å². The Bertz CT molecular complexity index is 2480. The zero-order valence-corrected chi connectivity index (χ0v) is 24.1. The molecule has 206 valence electrons. The van der Waals surface area contributed by atoms with Crippen LogP contribution in [0.4, 0.5) is 0 Å². The lowest BCUT2D eigenvalue weighted by Gasteiger charge is -2.14. The average molecular weight is 561 g/mol. The van der Waals surface area contributed by atoms with Gasteiger partial charge in [0.1, 0.15) is 0 Å². The van der Waals surface area contributed by atoms with Crippen LogP contribution in [0.25, 0.3) is 77.2 Å². The number of benzene rings is 7. The van der Waals surface area contributed by atoms with Crippen LogP contribution >= 0.6 is 0 Å². The monoisotopic (exact) mass is 560 g/mol. The molecule has 2 heteroatoms. The molecule has 0 aliphatic rings. The molecule has 0 aliphatic heterocycles. The van der Waals surface area contributed by atoms with E-state index in [0.29, 0.717) is 0 Å². The molecule has 0 aliphatic carbocycles. The largest absolute Gasteiger partial charge is 0.309 e. The molecule has 9 aromatic rings. The van der Waals surface area contributed by atoms with Gasteiger partial charge in [-0.3, -0.25) is 0 Å². The second-order valence-electron chi connectivity index (χ2n) is 11.4. The first kappa shape index (κ1) is 24.7. The maximum absolute atomic E-state index is 2.47. The Labute approximate surface area is 255 Å². The van der Waals surface area contributed by atoms with Crippen molar-refractivity contribution in [3.8, 4) is 33.6 Å². The summed E-state index contributed by atoms with van der Waals surface area (Å²) in [5.74, 6) is 0. The second kappa shape index (κ2) is 9.86. The van der Waals surface area contributed by atoms with Crippen LogP contribution < -0.4 is 0 Å². The van der Waals surface area contributed by atoms with Gasteiger partial charge in [0.25, 0.3) is 0 Å². The number of hydrogen-bond donors (Lipinski definition) is 0. The molecule has 0 radical (unpaired) electrons. The molecule has 0 saturated heterocycles. The minimum absolute atomic E-state index is 1.16. The maximum Gasteiger partial charge on any atom is 0.0641 e. The van der Waals surface area contributed by atoms with Crippen LogP contribution in [-0.4, -0.2) is 9.13 Å². The number of hydrogen-bond acceptors (Lipinski definition) is 0. The number of nitrogens with zero attached hydrogens (tertiary/aromatic N) is 2. The molecule has 0 bridgehead atoms. The van der Waals surface area contributed by atoms with Gasteiger partial charge < -0.3 is 9.13 Å². The third kappa shape index (κ3) is 3.68. The topological polar surface area (TPSA) is 9.86 Å². The zero-order chi connectivity index (χ0) is 29.0. The Morgan fingerprint density at radius 1 is 0.341 bits per heavy atom. The van der Waals surface area contributed by atoms with E-state index in [2.05, 4.69) is 179 Å². The Morgan fingerprint density at radius 3 is 1.75 bits per heavy atom. The Balaban J connectivity index is 1.42. The Kier molecular flexibility index (Phi) is 5.54. The molecular weight excluding hydrogens is 532 g/mol. The standard InChI is InChI=1S/C42H28N2/c1-3-14-29(15-4-1)31-18-13-19-32(28-31)43-38-24-11-8-21-34(38)35-26-27-40-41(42(35)43)36-22-9-12-25-39(36)44(40)37-23-10-7-20-33(37)30-16-5-2-6-17-30/h1-28H. The van der Waals surface area contributed by atoms with E-state index in [9.17, 15) is 0 Å². The molecule has 2 aromatic heterocycles.